The molecule has 0 fully saturated rings. The predicted molar refractivity (Wildman–Crippen MR) is 90.3 cm³/mol. The Hall–Kier alpha value is -1.71. The molecule has 2 amide bonds. The molecular formula is C16H30N2O7. The maximum Gasteiger partial charge on any atom is 0.305 e. The number of carboxylic acids is 1. The number of ether oxygens (including phenoxy) is 3. The molecule has 0 atom stereocenters. The first-order valence-corrected chi connectivity index (χ1v) is 8.55. The first-order chi connectivity index (χ1) is 12.2. The highest BCUT2D eigenvalue weighted by atomic mass is 16.5. The van der Waals surface area contributed by atoms with Crippen LogP contribution in [0.15, 0.2) is 0 Å². The van der Waals surface area contributed by atoms with Gasteiger partial charge in [-0.25, -0.2) is 0 Å². The molecule has 9 nitrogen and oxygen atoms in total. The number of carboxylic acid groups (broad SMARTS) is 1. The van der Waals surface area contributed by atoms with Gasteiger partial charge in [-0.1, -0.05) is 6.42 Å². The van der Waals surface area contributed by atoms with Crippen molar-refractivity contribution in [2.75, 3.05) is 52.7 Å². The third-order valence-electron chi connectivity index (χ3n) is 3.08. The smallest absolute Gasteiger partial charge is 0.305 e. The summed E-state index contributed by atoms with van der Waals surface area (Å²) in [4.78, 5) is 31.8. The first kappa shape index (κ1) is 23.3. The van der Waals surface area contributed by atoms with Gasteiger partial charge in [-0.15, -0.1) is 0 Å². The molecule has 146 valence electrons. The first-order valence-electron chi connectivity index (χ1n) is 8.55. The number of unbranched alkanes of at least 4 members (excludes halogenated alkanes) is 2. The lowest BCUT2D eigenvalue weighted by Crippen LogP contribution is -2.27. The maximum absolute atomic E-state index is 11.5. The number of rotatable bonds is 19. The van der Waals surface area contributed by atoms with Crippen LogP contribution in [0, 0.1) is 0 Å². The van der Waals surface area contributed by atoms with Crippen molar-refractivity contribution in [2.45, 2.75) is 32.1 Å². The van der Waals surface area contributed by atoms with Crippen molar-refractivity contribution in [2.24, 2.45) is 0 Å². The average Bonchev–Trinajstić information content (AvgIpc) is 2.58. The summed E-state index contributed by atoms with van der Waals surface area (Å²) in [6.45, 7) is 3.31. The van der Waals surface area contributed by atoms with Crippen LogP contribution in [-0.4, -0.2) is 76.1 Å². The van der Waals surface area contributed by atoms with E-state index < -0.39 is 5.97 Å². The van der Waals surface area contributed by atoms with E-state index in [0.29, 0.717) is 59.0 Å². The van der Waals surface area contributed by atoms with Crippen LogP contribution in [0.1, 0.15) is 32.1 Å². The Morgan fingerprint density at radius 3 is 2.08 bits per heavy atom. The molecule has 0 rings (SSSR count). The Morgan fingerprint density at radius 2 is 1.44 bits per heavy atom. The Morgan fingerprint density at radius 1 is 0.800 bits per heavy atom. The summed E-state index contributed by atoms with van der Waals surface area (Å²) in [5.74, 6) is -0.880. The largest absolute Gasteiger partial charge is 0.481 e. The number of nitrogens with one attached hydrogen (secondary N) is 2. The summed E-state index contributed by atoms with van der Waals surface area (Å²) in [5, 5.41) is 13.8. The molecule has 9 heteroatoms. The Labute approximate surface area is 148 Å². The molecule has 0 saturated heterocycles. The van der Waals surface area contributed by atoms with Gasteiger partial charge in [0.2, 0.25) is 12.3 Å². The number of carbonyl (C=O) groups is 3. The van der Waals surface area contributed by atoms with Crippen LogP contribution in [0.2, 0.25) is 0 Å². The van der Waals surface area contributed by atoms with Crippen LogP contribution in [0.5, 0.6) is 0 Å². The SMILES string of the molecule is O=CNCCCCCC(=O)NCCOCCOCCOCCC(=O)O. The van der Waals surface area contributed by atoms with E-state index in [-0.39, 0.29) is 18.9 Å². The summed E-state index contributed by atoms with van der Waals surface area (Å²) in [5.41, 5.74) is 0. The van der Waals surface area contributed by atoms with E-state index in [1.54, 1.807) is 0 Å². The van der Waals surface area contributed by atoms with Crippen molar-refractivity contribution in [1.82, 2.24) is 10.6 Å². The number of hydrogen-bond acceptors (Lipinski definition) is 6. The second kappa shape index (κ2) is 18.6. The molecule has 25 heavy (non-hydrogen) atoms. The molecule has 0 aromatic rings. The van der Waals surface area contributed by atoms with Gasteiger partial charge >= 0.3 is 5.97 Å². The van der Waals surface area contributed by atoms with Crippen molar-refractivity contribution < 1.29 is 33.7 Å². The van der Waals surface area contributed by atoms with Gasteiger partial charge in [-0.3, -0.25) is 14.4 Å². The molecule has 0 aromatic carbocycles. The maximum atomic E-state index is 11.5. The van der Waals surface area contributed by atoms with E-state index in [1.165, 1.54) is 0 Å². The highest BCUT2D eigenvalue weighted by Crippen LogP contribution is 1.98. The van der Waals surface area contributed by atoms with Gasteiger partial charge < -0.3 is 30.0 Å². The van der Waals surface area contributed by atoms with Crippen LogP contribution >= 0.6 is 0 Å². The summed E-state index contributed by atoms with van der Waals surface area (Å²) >= 11 is 0. The van der Waals surface area contributed by atoms with Gasteiger partial charge in [0.05, 0.1) is 46.1 Å². The lowest BCUT2D eigenvalue weighted by atomic mass is 10.2. The van der Waals surface area contributed by atoms with Gasteiger partial charge in [0, 0.05) is 19.5 Å². The van der Waals surface area contributed by atoms with Gasteiger partial charge in [0.1, 0.15) is 0 Å². The van der Waals surface area contributed by atoms with Gasteiger partial charge in [-0.2, -0.15) is 0 Å². The van der Waals surface area contributed by atoms with Crippen molar-refractivity contribution in [3.05, 3.63) is 0 Å². The third-order valence-corrected chi connectivity index (χ3v) is 3.08. The fourth-order valence-corrected chi connectivity index (χ4v) is 1.80. The molecule has 3 N–H and O–H groups in total. The topological polar surface area (TPSA) is 123 Å². The van der Waals surface area contributed by atoms with Crippen molar-refractivity contribution in [1.29, 1.82) is 0 Å². The van der Waals surface area contributed by atoms with E-state index in [0.717, 1.165) is 19.3 Å². The normalized spacial score (nSPS) is 10.4. The molecular weight excluding hydrogens is 332 g/mol. The molecule has 0 aromatic heterocycles. The van der Waals surface area contributed by atoms with Crippen LogP contribution in [0.3, 0.4) is 0 Å². The van der Waals surface area contributed by atoms with Crippen LogP contribution < -0.4 is 10.6 Å². The van der Waals surface area contributed by atoms with Gasteiger partial charge in [0.25, 0.3) is 0 Å². The van der Waals surface area contributed by atoms with Gasteiger partial charge in [-0.05, 0) is 12.8 Å². The zero-order valence-electron chi connectivity index (χ0n) is 14.7. The number of hydrogen-bond donors (Lipinski definition) is 3. The van der Waals surface area contributed by atoms with E-state index in [1.807, 2.05) is 0 Å². The molecule has 0 radical (unpaired) electrons. The monoisotopic (exact) mass is 362 g/mol. The quantitative estimate of drug-likeness (QED) is 0.217. The molecule has 0 aliphatic rings. The summed E-state index contributed by atoms with van der Waals surface area (Å²) in [6, 6.07) is 0. The van der Waals surface area contributed by atoms with E-state index in [2.05, 4.69) is 10.6 Å². The Balaban J connectivity index is 3.15. The zero-order chi connectivity index (χ0) is 18.6. The number of amides is 2. The summed E-state index contributed by atoms with van der Waals surface area (Å²) in [7, 11) is 0. The lowest BCUT2D eigenvalue weighted by molar-refractivity contribution is -0.138. The molecule has 0 bridgehead atoms. The number of carbonyl (C=O) groups excluding carboxylic acids is 2. The second-order valence-electron chi connectivity index (χ2n) is 5.21. The lowest BCUT2D eigenvalue weighted by Gasteiger charge is -2.07. The standard InChI is InChI=1S/C16H30N2O7/c19-14-17-6-3-1-2-4-15(20)18-7-9-24-11-13-25-12-10-23-8-5-16(21)22/h14H,1-13H2,(H,17,19)(H,18,20)(H,21,22). The van der Waals surface area contributed by atoms with E-state index in [9.17, 15) is 14.4 Å². The van der Waals surface area contributed by atoms with Crippen LogP contribution in [-0.2, 0) is 28.6 Å². The molecule has 0 spiro atoms. The molecule has 0 heterocycles. The van der Waals surface area contributed by atoms with E-state index in [4.69, 9.17) is 19.3 Å². The molecule has 0 aliphatic carbocycles. The Kier molecular flexibility index (Phi) is 17.4. The van der Waals surface area contributed by atoms with Crippen molar-refractivity contribution in [3.63, 3.8) is 0 Å². The van der Waals surface area contributed by atoms with Crippen molar-refractivity contribution in [3.8, 4) is 0 Å². The summed E-state index contributed by atoms with van der Waals surface area (Å²) < 4.78 is 15.6. The molecule has 0 aliphatic heterocycles. The minimum atomic E-state index is -0.881. The van der Waals surface area contributed by atoms with Crippen LogP contribution in [0.25, 0.3) is 0 Å². The average molecular weight is 362 g/mol. The predicted octanol–water partition coefficient (Wildman–Crippen LogP) is -0.0665. The van der Waals surface area contributed by atoms with Gasteiger partial charge in [0.15, 0.2) is 0 Å². The molecule has 0 unspecified atom stereocenters. The highest BCUT2D eigenvalue weighted by Gasteiger charge is 2.00. The fourth-order valence-electron chi connectivity index (χ4n) is 1.80. The minimum Gasteiger partial charge on any atom is -0.481 e. The van der Waals surface area contributed by atoms with Crippen molar-refractivity contribution >= 4 is 18.3 Å². The number of aliphatic carboxylic acids is 1. The minimum absolute atomic E-state index is 0.00158. The fraction of sp³-hybridized carbons (Fsp3) is 0.812. The second-order valence-corrected chi connectivity index (χ2v) is 5.21. The summed E-state index contributed by atoms with van der Waals surface area (Å²) in [6.07, 6.45) is 3.73. The molecule has 0 saturated carbocycles. The van der Waals surface area contributed by atoms with Crippen LogP contribution in [0.4, 0.5) is 0 Å². The van der Waals surface area contributed by atoms with E-state index >= 15 is 0 Å². The Bertz CT molecular complexity index is 353. The zero-order valence-corrected chi connectivity index (χ0v) is 14.7. The highest BCUT2D eigenvalue weighted by molar-refractivity contribution is 5.75. The third kappa shape index (κ3) is 20.2.